The number of benzene rings is 1. The van der Waals surface area contributed by atoms with Crippen LogP contribution in [-0.2, 0) is 6.54 Å². The van der Waals surface area contributed by atoms with Gasteiger partial charge in [-0.05, 0) is 30.4 Å². The number of carbonyl (C=O) groups is 1. The van der Waals surface area contributed by atoms with Gasteiger partial charge in [0.15, 0.2) is 0 Å². The molecule has 0 radical (unpaired) electrons. The number of nitrogens with one attached hydrogen (secondary N) is 2. The highest BCUT2D eigenvalue weighted by Crippen LogP contribution is 2.14. The van der Waals surface area contributed by atoms with E-state index < -0.39 is 0 Å². The van der Waals surface area contributed by atoms with Crippen molar-refractivity contribution in [3.8, 4) is 0 Å². The smallest absolute Gasteiger partial charge is 0.315 e. The summed E-state index contributed by atoms with van der Waals surface area (Å²) in [7, 11) is 0. The molecule has 2 N–H and O–H groups in total. The lowest BCUT2D eigenvalue weighted by Gasteiger charge is -2.07. The van der Waals surface area contributed by atoms with E-state index in [-0.39, 0.29) is 6.03 Å². The molecule has 1 aromatic carbocycles. The minimum absolute atomic E-state index is 0.0904. The molecule has 0 fully saturated rings. The molecule has 0 saturated heterocycles. The van der Waals surface area contributed by atoms with Gasteiger partial charge in [-0.15, -0.1) is 11.8 Å². The van der Waals surface area contributed by atoms with Crippen molar-refractivity contribution in [2.45, 2.75) is 31.2 Å². The van der Waals surface area contributed by atoms with Crippen LogP contribution in [-0.4, -0.2) is 18.8 Å². The van der Waals surface area contributed by atoms with Crippen LogP contribution in [0.3, 0.4) is 0 Å². The Morgan fingerprint density at radius 3 is 2.53 bits per heavy atom. The summed E-state index contributed by atoms with van der Waals surface area (Å²) in [6, 6.07) is 8.12. The van der Waals surface area contributed by atoms with Crippen LogP contribution < -0.4 is 10.6 Å². The summed E-state index contributed by atoms with van der Waals surface area (Å²) in [6.45, 7) is 3.42. The summed E-state index contributed by atoms with van der Waals surface area (Å²) in [5, 5.41) is 5.66. The van der Waals surface area contributed by atoms with Crippen LogP contribution in [0.1, 0.15) is 25.3 Å². The molecule has 1 aromatic rings. The van der Waals surface area contributed by atoms with E-state index in [0.717, 1.165) is 24.9 Å². The summed E-state index contributed by atoms with van der Waals surface area (Å²) < 4.78 is 0. The molecule has 0 aliphatic heterocycles. The van der Waals surface area contributed by atoms with Gasteiger partial charge in [-0.3, -0.25) is 0 Å². The van der Waals surface area contributed by atoms with E-state index in [1.54, 1.807) is 11.8 Å². The summed E-state index contributed by atoms with van der Waals surface area (Å²) in [6.07, 6.45) is 4.17. The van der Waals surface area contributed by atoms with Crippen molar-refractivity contribution in [2.75, 3.05) is 12.8 Å². The van der Waals surface area contributed by atoms with Crippen molar-refractivity contribution in [3.63, 3.8) is 0 Å². The molecule has 0 atom stereocenters. The first-order chi connectivity index (χ1) is 8.26. The topological polar surface area (TPSA) is 41.1 Å². The largest absolute Gasteiger partial charge is 0.338 e. The van der Waals surface area contributed by atoms with Crippen LogP contribution in [0.2, 0.25) is 0 Å². The van der Waals surface area contributed by atoms with Crippen molar-refractivity contribution in [2.24, 2.45) is 0 Å². The highest BCUT2D eigenvalue weighted by molar-refractivity contribution is 7.98. The number of thioether (sulfide) groups is 1. The zero-order valence-corrected chi connectivity index (χ0v) is 11.3. The fourth-order valence-electron chi connectivity index (χ4n) is 1.37. The molecule has 0 bridgehead atoms. The molecule has 0 aliphatic carbocycles. The first kappa shape index (κ1) is 13.9. The molecule has 0 heterocycles. The number of amides is 2. The molecule has 2 amide bonds. The van der Waals surface area contributed by atoms with E-state index >= 15 is 0 Å². The zero-order valence-electron chi connectivity index (χ0n) is 10.5. The van der Waals surface area contributed by atoms with Crippen molar-refractivity contribution < 1.29 is 4.79 Å². The fraction of sp³-hybridized carbons (Fsp3) is 0.462. The Kier molecular flexibility index (Phi) is 6.55. The summed E-state index contributed by atoms with van der Waals surface area (Å²) in [5.41, 5.74) is 1.12. The Bertz CT molecular complexity index is 338. The molecule has 4 heteroatoms. The molecule has 0 aliphatic rings. The Hall–Kier alpha value is -1.16. The number of carbonyl (C=O) groups excluding carboxylic acids is 1. The van der Waals surface area contributed by atoms with Gasteiger partial charge in [-0.2, -0.15) is 0 Å². The molecule has 3 nitrogen and oxygen atoms in total. The first-order valence-corrected chi connectivity index (χ1v) is 7.13. The van der Waals surface area contributed by atoms with Crippen molar-refractivity contribution in [1.82, 2.24) is 10.6 Å². The van der Waals surface area contributed by atoms with Crippen LogP contribution in [0.25, 0.3) is 0 Å². The van der Waals surface area contributed by atoms with Gasteiger partial charge >= 0.3 is 6.03 Å². The molecule has 0 aromatic heterocycles. The Morgan fingerprint density at radius 2 is 1.94 bits per heavy atom. The normalized spacial score (nSPS) is 10.0. The second kappa shape index (κ2) is 8.01. The number of hydrogen-bond donors (Lipinski definition) is 2. The average molecular weight is 252 g/mol. The Morgan fingerprint density at radius 1 is 1.24 bits per heavy atom. The van der Waals surface area contributed by atoms with Crippen molar-refractivity contribution in [1.29, 1.82) is 0 Å². The summed E-state index contributed by atoms with van der Waals surface area (Å²) in [5.74, 6) is 0. The van der Waals surface area contributed by atoms with Gasteiger partial charge in [0.1, 0.15) is 0 Å². The maximum absolute atomic E-state index is 11.4. The maximum Gasteiger partial charge on any atom is 0.315 e. The fourth-order valence-corrected chi connectivity index (χ4v) is 1.78. The minimum Gasteiger partial charge on any atom is -0.338 e. The van der Waals surface area contributed by atoms with E-state index in [2.05, 4.69) is 35.9 Å². The number of hydrogen-bond acceptors (Lipinski definition) is 2. The van der Waals surface area contributed by atoms with Crippen LogP contribution in [0.5, 0.6) is 0 Å². The molecule has 17 heavy (non-hydrogen) atoms. The van der Waals surface area contributed by atoms with E-state index in [4.69, 9.17) is 0 Å². The maximum atomic E-state index is 11.4. The third kappa shape index (κ3) is 5.63. The van der Waals surface area contributed by atoms with Crippen LogP contribution in [0, 0.1) is 0 Å². The van der Waals surface area contributed by atoms with Gasteiger partial charge in [0.05, 0.1) is 0 Å². The zero-order chi connectivity index (χ0) is 12.5. The van der Waals surface area contributed by atoms with Crippen molar-refractivity contribution >= 4 is 17.8 Å². The Balaban J connectivity index is 2.27. The number of unbranched alkanes of at least 4 members (excludes halogenated alkanes) is 1. The Labute approximate surface area is 107 Å². The van der Waals surface area contributed by atoms with Gasteiger partial charge in [-0.25, -0.2) is 4.79 Å². The second-order valence-corrected chi connectivity index (χ2v) is 4.69. The lowest BCUT2D eigenvalue weighted by Crippen LogP contribution is -2.35. The van der Waals surface area contributed by atoms with E-state index in [1.165, 1.54) is 4.90 Å². The summed E-state index contributed by atoms with van der Waals surface area (Å²) in [4.78, 5) is 12.6. The predicted octanol–water partition coefficient (Wildman–Crippen LogP) is 3.01. The molecule has 1 rings (SSSR count). The number of rotatable bonds is 6. The average Bonchev–Trinajstić information content (AvgIpc) is 2.37. The van der Waals surface area contributed by atoms with Crippen LogP contribution in [0.4, 0.5) is 4.79 Å². The van der Waals surface area contributed by atoms with Crippen LogP contribution >= 0.6 is 11.8 Å². The number of urea groups is 1. The van der Waals surface area contributed by atoms with Gasteiger partial charge in [0.2, 0.25) is 0 Å². The predicted molar refractivity (Wildman–Crippen MR) is 73.4 cm³/mol. The monoisotopic (exact) mass is 252 g/mol. The lowest BCUT2D eigenvalue weighted by molar-refractivity contribution is 0.240. The SMILES string of the molecule is CCCCNC(=O)NCc1ccc(SC)cc1. The van der Waals surface area contributed by atoms with E-state index in [9.17, 15) is 4.79 Å². The van der Waals surface area contributed by atoms with Gasteiger partial charge < -0.3 is 10.6 Å². The highest BCUT2D eigenvalue weighted by atomic mass is 32.2. The van der Waals surface area contributed by atoms with E-state index in [1.807, 2.05) is 12.1 Å². The minimum atomic E-state index is -0.0904. The van der Waals surface area contributed by atoms with Crippen LogP contribution in [0.15, 0.2) is 29.2 Å². The lowest BCUT2D eigenvalue weighted by atomic mass is 10.2. The molecule has 0 spiro atoms. The van der Waals surface area contributed by atoms with Crippen molar-refractivity contribution in [3.05, 3.63) is 29.8 Å². The molecule has 0 unspecified atom stereocenters. The highest BCUT2D eigenvalue weighted by Gasteiger charge is 1.99. The standard InChI is InChI=1S/C13H20N2OS/c1-3-4-9-14-13(16)15-10-11-5-7-12(17-2)8-6-11/h5-8H,3-4,9-10H2,1-2H3,(H2,14,15,16). The molecular weight excluding hydrogens is 232 g/mol. The molecule has 0 saturated carbocycles. The van der Waals surface area contributed by atoms with E-state index in [0.29, 0.717) is 6.54 Å². The van der Waals surface area contributed by atoms with Gasteiger partial charge in [-0.1, -0.05) is 25.5 Å². The quantitative estimate of drug-likeness (QED) is 0.603. The first-order valence-electron chi connectivity index (χ1n) is 5.91. The van der Waals surface area contributed by atoms with Gasteiger partial charge in [0.25, 0.3) is 0 Å². The third-order valence-electron chi connectivity index (χ3n) is 2.43. The summed E-state index contributed by atoms with van der Waals surface area (Å²) >= 11 is 1.72. The molecule has 94 valence electrons. The van der Waals surface area contributed by atoms with Gasteiger partial charge in [0, 0.05) is 18.0 Å². The second-order valence-electron chi connectivity index (χ2n) is 3.81. The molecular formula is C13H20N2OS. The third-order valence-corrected chi connectivity index (χ3v) is 3.17.